The van der Waals surface area contributed by atoms with E-state index in [1.54, 1.807) is 6.92 Å². The van der Waals surface area contributed by atoms with Gasteiger partial charge in [0.2, 0.25) is 0 Å². The maximum atomic E-state index is 11.8. The molecule has 16 heavy (non-hydrogen) atoms. The number of rotatable bonds is 2. The van der Waals surface area contributed by atoms with Gasteiger partial charge in [0.15, 0.2) is 0 Å². The largest absolute Gasteiger partial charge is 0.299 e. The predicted octanol–water partition coefficient (Wildman–Crippen LogP) is 3.15. The van der Waals surface area contributed by atoms with Gasteiger partial charge in [-0.3, -0.25) is 4.79 Å². The molecule has 3 rings (SSSR count). The summed E-state index contributed by atoms with van der Waals surface area (Å²) in [6.07, 6.45) is 11.6. The lowest BCUT2D eigenvalue weighted by Gasteiger charge is -2.28. The summed E-state index contributed by atoms with van der Waals surface area (Å²) in [7, 11) is 0. The fourth-order valence-corrected chi connectivity index (χ4v) is 3.44. The summed E-state index contributed by atoms with van der Waals surface area (Å²) in [6, 6.07) is 0. The van der Waals surface area contributed by atoms with E-state index in [1.807, 2.05) is 0 Å². The van der Waals surface area contributed by atoms with E-state index in [-0.39, 0.29) is 11.2 Å². The van der Waals surface area contributed by atoms with Crippen molar-refractivity contribution in [2.45, 2.75) is 20.8 Å². The Morgan fingerprint density at radius 2 is 1.75 bits per heavy atom. The fraction of sp³-hybridized carbons (Fsp3) is 0.533. The van der Waals surface area contributed by atoms with E-state index in [0.717, 1.165) is 0 Å². The number of hydrogen-bond acceptors (Lipinski definition) is 1. The van der Waals surface area contributed by atoms with Crippen molar-refractivity contribution >= 4 is 5.78 Å². The van der Waals surface area contributed by atoms with Gasteiger partial charge in [-0.2, -0.15) is 0 Å². The van der Waals surface area contributed by atoms with Gasteiger partial charge in [-0.05, 0) is 38.5 Å². The second-order valence-electron chi connectivity index (χ2n) is 5.83. The number of Topliss-reactive ketones (excluding diaryl/α,β-unsaturated/α-hetero) is 1. The molecule has 0 spiro atoms. The molecular weight excluding hydrogens is 196 g/mol. The van der Waals surface area contributed by atoms with E-state index >= 15 is 0 Å². The molecule has 0 bridgehead atoms. The van der Waals surface area contributed by atoms with Crippen LogP contribution in [0.5, 0.6) is 0 Å². The van der Waals surface area contributed by atoms with Crippen LogP contribution < -0.4 is 0 Å². The minimum Gasteiger partial charge on any atom is -0.299 e. The first-order chi connectivity index (χ1) is 7.51. The summed E-state index contributed by atoms with van der Waals surface area (Å²) in [5.41, 5.74) is 1.06. The van der Waals surface area contributed by atoms with Crippen LogP contribution in [0.1, 0.15) is 20.8 Å². The Morgan fingerprint density at radius 3 is 2.44 bits per heavy atom. The summed E-state index contributed by atoms with van der Waals surface area (Å²) in [6.45, 7) is 5.83. The maximum Gasteiger partial charge on any atom is 0.139 e. The van der Waals surface area contributed by atoms with Crippen LogP contribution in [0.2, 0.25) is 0 Å². The van der Waals surface area contributed by atoms with Crippen LogP contribution in [0.25, 0.3) is 0 Å². The van der Waals surface area contributed by atoms with Crippen LogP contribution >= 0.6 is 0 Å². The van der Waals surface area contributed by atoms with Gasteiger partial charge in [-0.15, -0.1) is 0 Å². The van der Waals surface area contributed by atoms with E-state index in [2.05, 4.69) is 44.2 Å². The smallest absolute Gasteiger partial charge is 0.139 e. The summed E-state index contributed by atoms with van der Waals surface area (Å²) >= 11 is 0. The highest BCUT2D eigenvalue weighted by Crippen LogP contribution is 2.55. The third kappa shape index (κ3) is 1.09. The molecule has 0 N–H and O–H groups in total. The molecule has 0 aromatic heterocycles. The van der Waals surface area contributed by atoms with Gasteiger partial charge < -0.3 is 0 Å². The predicted molar refractivity (Wildman–Crippen MR) is 64.8 cm³/mol. The summed E-state index contributed by atoms with van der Waals surface area (Å²) in [4.78, 5) is 11.8. The highest BCUT2D eigenvalue weighted by Gasteiger charge is 2.48. The van der Waals surface area contributed by atoms with E-state index < -0.39 is 0 Å². The number of carbonyl (C=O) groups is 1. The lowest BCUT2D eigenvalue weighted by Crippen LogP contribution is -2.27. The van der Waals surface area contributed by atoms with Crippen molar-refractivity contribution in [1.29, 1.82) is 0 Å². The number of ketones is 1. The third-order valence-corrected chi connectivity index (χ3v) is 4.73. The van der Waals surface area contributed by atoms with Crippen molar-refractivity contribution in [3.05, 3.63) is 36.0 Å². The molecule has 0 saturated heterocycles. The zero-order chi connectivity index (χ0) is 11.5. The molecular formula is C15H18O. The summed E-state index contributed by atoms with van der Waals surface area (Å²) < 4.78 is 0. The lowest BCUT2D eigenvalue weighted by molar-refractivity contribution is -0.123. The third-order valence-electron chi connectivity index (χ3n) is 4.73. The minimum absolute atomic E-state index is 0.277. The summed E-state index contributed by atoms with van der Waals surface area (Å²) in [5, 5.41) is 0. The highest BCUT2D eigenvalue weighted by atomic mass is 16.1. The summed E-state index contributed by atoms with van der Waals surface area (Å²) in [5.74, 6) is 2.65. The Hall–Kier alpha value is -1.11. The van der Waals surface area contributed by atoms with Gasteiger partial charge in [-0.1, -0.05) is 36.0 Å². The Bertz CT molecular complexity index is 436. The molecule has 1 nitrogen and oxygen atoms in total. The number of carbonyl (C=O) groups excluding carboxylic acids is 1. The molecule has 3 aliphatic rings. The minimum atomic E-state index is -0.290. The molecule has 0 saturated carbocycles. The molecule has 84 valence electrons. The molecule has 1 heteroatoms. The van der Waals surface area contributed by atoms with Crippen LogP contribution in [0, 0.1) is 29.1 Å². The molecule has 4 atom stereocenters. The van der Waals surface area contributed by atoms with Crippen LogP contribution in [0.3, 0.4) is 0 Å². The normalized spacial score (nSPS) is 39.1. The molecule has 0 aromatic rings. The van der Waals surface area contributed by atoms with E-state index in [0.29, 0.717) is 23.7 Å². The quantitative estimate of drug-likeness (QED) is 0.645. The van der Waals surface area contributed by atoms with Gasteiger partial charge in [0.05, 0.1) is 0 Å². The van der Waals surface area contributed by atoms with Crippen molar-refractivity contribution in [2.75, 3.05) is 0 Å². The van der Waals surface area contributed by atoms with E-state index in [1.165, 1.54) is 5.57 Å². The Kier molecular flexibility index (Phi) is 1.87. The molecule has 3 aliphatic carbocycles. The molecule has 0 heterocycles. The van der Waals surface area contributed by atoms with Crippen LogP contribution in [0.4, 0.5) is 0 Å². The number of allylic oxidation sites excluding steroid dienone is 6. The molecule has 0 aromatic carbocycles. The topological polar surface area (TPSA) is 17.1 Å². The van der Waals surface area contributed by atoms with Crippen LogP contribution in [-0.2, 0) is 4.79 Å². The number of hydrogen-bond donors (Lipinski definition) is 0. The van der Waals surface area contributed by atoms with Crippen molar-refractivity contribution in [2.24, 2.45) is 29.1 Å². The van der Waals surface area contributed by atoms with Crippen molar-refractivity contribution in [3.63, 3.8) is 0 Å². The first-order valence-electron chi connectivity index (χ1n) is 6.11. The highest BCUT2D eigenvalue weighted by molar-refractivity contribution is 5.85. The van der Waals surface area contributed by atoms with Crippen molar-refractivity contribution in [1.82, 2.24) is 0 Å². The Balaban J connectivity index is 2.02. The van der Waals surface area contributed by atoms with Crippen molar-refractivity contribution in [3.8, 4) is 0 Å². The average Bonchev–Trinajstić information content (AvgIpc) is 2.85. The Morgan fingerprint density at radius 1 is 1.12 bits per heavy atom. The fourth-order valence-electron chi connectivity index (χ4n) is 3.44. The second kappa shape index (κ2) is 2.97. The molecule has 4 unspecified atom stereocenters. The standard InChI is InChI=1S/C15H18O/c1-9(16)15(2,3)13-8-11-5-4-10-6-7-12(13)14(10)11/h4-8,10-12,14H,1-3H3. The molecule has 0 aliphatic heterocycles. The SMILES string of the molecule is CC(=O)C(C)(C)C1=CC2C=CC3C=CC1C32. The van der Waals surface area contributed by atoms with Gasteiger partial charge in [0.1, 0.15) is 5.78 Å². The Labute approximate surface area is 96.9 Å². The van der Waals surface area contributed by atoms with Crippen LogP contribution in [0.15, 0.2) is 36.0 Å². The van der Waals surface area contributed by atoms with E-state index in [4.69, 9.17) is 0 Å². The first-order valence-corrected chi connectivity index (χ1v) is 6.11. The zero-order valence-corrected chi connectivity index (χ0v) is 10.1. The first kappa shape index (κ1) is 10.1. The monoisotopic (exact) mass is 214 g/mol. The van der Waals surface area contributed by atoms with Gasteiger partial charge >= 0.3 is 0 Å². The molecule has 0 radical (unpaired) electrons. The van der Waals surface area contributed by atoms with Gasteiger partial charge in [-0.25, -0.2) is 0 Å². The lowest BCUT2D eigenvalue weighted by atomic mass is 9.74. The molecule has 0 amide bonds. The molecule has 0 fully saturated rings. The van der Waals surface area contributed by atoms with Crippen molar-refractivity contribution < 1.29 is 4.79 Å². The van der Waals surface area contributed by atoms with Gasteiger partial charge in [0, 0.05) is 11.3 Å². The maximum absolute atomic E-state index is 11.8. The van der Waals surface area contributed by atoms with Gasteiger partial charge in [0.25, 0.3) is 0 Å². The van der Waals surface area contributed by atoms with E-state index in [9.17, 15) is 4.79 Å². The average molecular weight is 214 g/mol. The second-order valence-corrected chi connectivity index (χ2v) is 5.83. The zero-order valence-electron chi connectivity index (χ0n) is 10.1. The van der Waals surface area contributed by atoms with Crippen LogP contribution in [-0.4, -0.2) is 5.78 Å².